The Morgan fingerprint density at radius 3 is 2.50 bits per heavy atom. The molecule has 0 fully saturated rings. The quantitative estimate of drug-likeness (QED) is 0.491. The Morgan fingerprint density at radius 2 is 2.07 bits per heavy atom. The van der Waals surface area contributed by atoms with Gasteiger partial charge in [0, 0.05) is 0 Å². The zero-order chi connectivity index (χ0) is 10.9. The molecule has 0 amide bonds. The van der Waals surface area contributed by atoms with Gasteiger partial charge in [0.15, 0.2) is 11.6 Å². The van der Waals surface area contributed by atoms with Gasteiger partial charge in [0.2, 0.25) is 0 Å². The van der Waals surface area contributed by atoms with Gasteiger partial charge in [0.05, 0.1) is 16.6 Å². The van der Waals surface area contributed by atoms with Gasteiger partial charge in [-0.1, -0.05) is 23.2 Å². The van der Waals surface area contributed by atoms with E-state index in [1.807, 2.05) is 0 Å². The minimum Gasteiger partial charge on any atom is -0.505 e. The fourth-order valence-corrected chi connectivity index (χ4v) is 1.25. The van der Waals surface area contributed by atoms with Crippen LogP contribution in [-0.4, -0.2) is 10.0 Å². The van der Waals surface area contributed by atoms with Crippen molar-refractivity contribution in [3.63, 3.8) is 0 Å². The summed E-state index contributed by atoms with van der Waals surface area (Å²) in [7, 11) is 0. The molecule has 0 aliphatic rings. The van der Waals surface area contributed by atoms with Crippen LogP contribution in [0.25, 0.3) is 0 Å². The summed E-state index contributed by atoms with van der Waals surface area (Å²) in [6, 6.07) is 1.40. The van der Waals surface area contributed by atoms with E-state index < -0.39 is 27.0 Å². The smallest absolute Gasteiger partial charge is 0.279 e. The molecule has 76 valence electrons. The van der Waals surface area contributed by atoms with Crippen LogP contribution in [0.5, 0.6) is 5.75 Å². The number of rotatable bonds is 2. The van der Waals surface area contributed by atoms with Gasteiger partial charge in [0.25, 0.3) is 5.69 Å². The monoisotopic (exact) mass is 239 g/mol. The lowest BCUT2D eigenvalue weighted by molar-refractivity contribution is -0.385. The van der Waals surface area contributed by atoms with Crippen molar-refractivity contribution in [1.82, 2.24) is 0 Å². The molecule has 1 aromatic rings. The summed E-state index contributed by atoms with van der Waals surface area (Å²) >= 11 is 10.8. The molecule has 0 aliphatic carbocycles. The van der Waals surface area contributed by atoms with E-state index in [4.69, 9.17) is 28.3 Å². The van der Waals surface area contributed by atoms with E-state index in [9.17, 15) is 14.5 Å². The second kappa shape index (κ2) is 3.98. The highest BCUT2D eigenvalue weighted by atomic mass is 35.5. The third kappa shape index (κ3) is 2.05. The van der Waals surface area contributed by atoms with Crippen LogP contribution in [0, 0.1) is 15.9 Å². The van der Waals surface area contributed by atoms with Crippen LogP contribution in [0.4, 0.5) is 10.1 Å². The predicted octanol–water partition coefficient (Wildman–Crippen LogP) is 2.92. The highest BCUT2D eigenvalue weighted by Crippen LogP contribution is 2.36. The van der Waals surface area contributed by atoms with Crippen molar-refractivity contribution in [2.24, 2.45) is 0 Å². The van der Waals surface area contributed by atoms with Crippen molar-refractivity contribution in [3.05, 3.63) is 33.6 Å². The largest absolute Gasteiger partial charge is 0.505 e. The molecule has 0 bridgehead atoms. The summed E-state index contributed by atoms with van der Waals surface area (Å²) < 4.78 is 12.8. The Morgan fingerprint density at radius 1 is 1.50 bits per heavy atom. The molecule has 0 radical (unpaired) electrons. The maximum Gasteiger partial charge on any atom is 0.279 e. The van der Waals surface area contributed by atoms with Crippen molar-refractivity contribution in [1.29, 1.82) is 0 Å². The topological polar surface area (TPSA) is 63.4 Å². The molecule has 1 aromatic carbocycles. The molecule has 0 saturated carbocycles. The molecule has 0 saturated heterocycles. The van der Waals surface area contributed by atoms with E-state index in [0.717, 1.165) is 6.07 Å². The molecule has 1 rings (SSSR count). The van der Waals surface area contributed by atoms with E-state index in [0.29, 0.717) is 6.07 Å². The molecule has 4 nitrogen and oxygen atoms in total. The summed E-state index contributed by atoms with van der Waals surface area (Å²) in [5.74, 6) is -1.81. The SMILES string of the molecule is O=[N+]([O-])c1cc(O)c(F)cc1C(Cl)Cl. The van der Waals surface area contributed by atoms with E-state index >= 15 is 0 Å². The molecule has 0 unspecified atom stereocenters. The average molecular weight is 240 g/mol. The van der Waals surface area contributed by atoms with Crippen molar-refractivity contribution in [2.45, 2.75) is 4.84 Å². The number of nitrogens with zero attached hydrogens (tertiary/aromatic N) is 1. The fourth-order valence-electron chi connectivity index (χ4n) is 0.899. The summed E-state index contributed by atoms with van der Waals surface area (Å²) in [4.78, 5) is 8.43. The number of halogens is 3. The van der Waals surface area contributed by atoms with Gasteiger partial charge in [-0.2, -0.15) is 0 Å². The van der Waals surface area contributed by atoms with Gasteiger partial charge in [-0.05, 0) is 6.07 Å². The number of nitro groups is 1. The van der Waals surface area contributed by atoms with Crippen LogP contribution in [0.2, 0.25) is 0 Å². The van der Waals surface area contributed by atoms with Crippen LogP contribution >= 0.6 is 23.2 Å². The summed E-state index contributed by atoms with van der Waals surface area (Å²) in [6.45, 7) is 0. The number of nitro benzene ring substituents is 1. The molecule has 1 N–H and O–H groups in total. The van der Waals surface area contributed by atoms with Crippen LogP contribution < -0.4 is 0 Å². The molecule has 0 spiro atoms. The first-order valence-corrected chi connectivity index (χ1v) is 4.25. The predicted molar refractivity (Wildman–Crippen MR) is 49.2 cm³/mol. The third-order valence-corrected chi connectivity index (χ3v) is 2.00. The molecule has 0 aliphatic heterocycles. The van der Waals surface area contributed by atoms with Crippen molar-refractivity contribution >= 4 is 28.9 Å². The van der Waals surface area contributed by atoms with Crippen molar-refractivity contribution in [3.8, 4) is 5.75 Å². The molecule has 7 heteroatoms. The minimum atomic E-state index is -1.22. The summed E-state index contributed by atoms with van der Waals surface area (Å²) in [5.41, 5.74) is -0.701. The van der Waals surface area contributed by atoms with E-state index in [-0.39, 0.29) is 5.56 Å². The third-order valence-electron chi connectivity index (χ3n) is 1.53. The Hall–Kier alpha value is -1.07. The first kappa shape index (κ1) is 11.0. The highest BCUT2D eigenvalue weighted by molar-refractivity contribution is 6.44. The number of hydrogen-bond donors (Lipinski definition) is 1. The molecule has 0 heterocycles. The van der Waals surface area contributed by atoms with Crippen LogP contribution in [0.15, 0.2) is 12.1 Å². The molecule has 0 aromatic heterocycles. The van der Waals surface area contributed by atoms with Crippen molar-refractivity contribution in [2.75, 3.05) is 0 Å². The van der Waals surface area contributed by atoms with Gasteiger partial charge in [0.1, 0.15) is 4.84 Å². The Balaban J connectivity index is 3.39. The molecule has 14 heavy (non-hydrogen) atoms. The lowest BCUT2D eigenvalue weighted by Crippen LogP contribution is -1.96. The zero-order valence-corrected chi connectivity index (χ0v) is 8.09. The summed E-state index contributed by atoms with van der Waals surface area (Å²) in [5, 5.41) is 19.3. The van der Waals surface area contributed by atoms with Crippen LogP contribution in [-0.2, 0) is 0 Å². The maximum atomic E-state index is 12.8. The average Bonchev–Trinajstić information content (AvgIpc) is 2.08. The van der Waals surface area contributed by atoms with Gasteiger partial charge in [-0.15, -0.1) is 0 Å². The molecular formula is C7H4Cl2FNO3. The first-order chi connectivity index (χ1) is 6.43. The Bertz CT molecular complexity index is 383. The van der Waals surface area contributed by atoms with Crippen LogP contribution in [0.1, 0.15) is 10.4 Å². The number of phenolic OH excluding ortho intramolecular Hbond substituents is 1. The molecule has 0 atom stereocenters. The number of aromatic hydroxyl groups is 1. The summed E-state index contributed by atoms with van der Waals surface area (Å²) in [6.07, 6.45) is 0. The van der Waals surface area contributed by atoms with Gasteiger partial charge < -0.3 is 5.11 Å². The van der Waals surface area contributed by atoms with E-state index in [1.165, 1.54) is 0 Å². The Labute approximate surface area is 88.0 Å². The van der Waals surface area contributed by atoms with E-state index in [2.05, 4.69) is 0 Å². The zero-order valence-electron chi connectivity index (χ0n) is 6.58. The second-order valence-corrected chi connectivity index (χ2v) is 3.52. The second-order valence-electron chi connectivity index (χ2n) is 2.42. The first-order valence-electron chi connectivity index (χ1n) is 3.38. The van der Waals surface area contributed by atoms with Crippen molar-refractivity contribution < 1.29 is 14.4 Å². The number of benzene rings is 1. The highest BCUT2D eigenvalue weighted by Gasteiger charge is 2.22. The normalized spacial score (nSPS) is 10.6. The number of phenols is 1. The lowest BCUT2D eigenvalue weighted by Gasteiger charge is -2.04. The fraction of sp³-hybridized carbons (Fsp3) is 0.143. The van der Waals surface area contributed by atoms with Gasteiger partial charge >= 0.3 is 0 Å². The Kier molecular flexibility index (Phi) is 3.13. The van der Waals surface area contributed by atoms with Gasteiger partial charge in [-0.25, -0.2) is 4.39 Å². The molecular weight excluding hydrogens is 236 g/mol. The van der Waals surface area contributed by atoms with Gasteiger partial charge in [-0.3, -0.25) is 10.1 Å². The number of alkyl halides is 2. The lowest BCUT2D eigenvalue weighted by atomic mass is 10.2. The maximum absolute atomic E-state index is 12.8. The van der Waals surface area contributed by atoms with Crippen LogP contribution in [0.3, 0.4) is 0 Å². The van der Waals surface area contributed by atoms with E-state index in [1.54, 1.807) is 0 Å². The minimum absolute atomic E-state index is 0.186. The number of hydrogen-bond acceptors (Lipinski definition) is 3. The standard InChI is InChI=1S/C7H4Cl2FNO3/c8-7(9)3-1-4(10)6(12)2-5(3)11(13)14/h1-2,7,12H.